The monoisotopic (exact) mass is 294 g/mol. The molecule has 1 aromatic rings. The fraction of sp³-hybridized carbons (Fsp3) is 0.600. The van der Waals surface area contributed by atoms with Crippen LogP contribution >= 0.6 is 15.9 Å². The molecule has 2 saturated carbocycles. The van der Waals surface area contributed by atoms with Crippen molar-refractivity contribution in [2.75, 3.05) is 6.61 Å². The van der Waals surface area contributed by atoms with Gasteiger partial charge in [-0.3, -0.25) is 0 Å². The van der Waals surface area contributed by atoms with E-state index in [0.29, 0.717) is 0 Å². The minimum Gasteiger partial charge on any atom is -0.493 e. The molecule has 0 bridgehead atoms. The highest BCUT2D eigenvalue weighted by atomic mass is 79.9. The SMILES string of the molecule is Cc1cc(Br)cc(OCC2CC2C2CCC2)c1. The minimum absolute atomic E-state index is 0.833. The number of benzene rings is 1. The topological polar surface area (TPSA) is 9.23 Å². The second-order valence-electron chi connectivity index (χ2n) is 5.63. The van der Waals surface area contributed by atoms with Gasteiger partial charge in [-0.1, -0.05) is 35.2 Å². The van der Waals surface area contributed by atoms with Crippen LogP contribution in [0, 0.1) is 24.7 Å². The molecule has 17 heavy (non-hydrogen) atoms. The molecule has 2 fully saturated rings. The van der Waals surface area contributed by atoms with Crippen molar-refractivity contribution in [3.8, 4) is 5.75 Å². The molecule has 2 aliphatic carbocycles. The van der Waals surface area contributed by atoms with Crippen molar-refractivity contribution in [1.29, 1.82) is 0 Å². The molecule has 0 spiro atoms. The molecule has 0 N–H and O–H groups in total. The standard InChI is InChI=1S/C15H19BrO/c1-10-5-13(16)8-14(6-10)17-9-12-7-15(12)11-3-2-4-11/h5-6,8,11-12,15H,2-4,7,9H2,1H3. The van der Waals surface area contributed by atoms with Crippen molar-refractivity contribution in [3.05, 3.63) is 28.2 Å². The fourth-order valence-corrected chi connectivity index (χ4v) is 3.48. The van der Waals surface area contributed by atoms with E-state index < -0.39 is 0 Å². The van der Waals surface area contributed by atoms with Crippen LogP contribution in [-0.4, -0.2) is 6.61 Å². The van der Waals surface area contributed by atoms with Crippen molar-refractivity contribution in [1.82, 2.24) is 0 Å². The van der Waals surface area contributed by atoms with Gasteiger partial charge >= 0.3 is 0 Å². The summed E-state index contributed by atoms with van der Waals surface area (Å²) in [4.78, 5) is 0. The molecule has 0 saturated heterocycles. The Labute approximate surface area is 112 Å². The zero-order chi connectivity index (χ0) is 11.8. The van der Waals surface area contributed by atoms with Crippen molar-refractivity contribution in [3.63, 3.8) is 0 Å². The van der Waals surface area contributed by atoms with Gasteiger partial charge in [0.15, 0.2) is 0 Å². The van der Waals surface area contributed by atoms with Crippen molar-refractivity contribution >= 4 is 15.9 Å². The summed E-state index contributed by atoms with van der Waals surface area (Å²) >= 11 is 3.51. The van der Waals surface area contributed by atoms with Crippen LogP contribution in [0.4, 0.5) is 0 Å². The van der Waals surface area contributed by atoms with E-state index in [0.717, 1.165) is 34.6 Å². The average Bonchev–Trinajstić information content (AvgIpc) is 2.90. The number of hydrogen-bond acceptors (Lipinski definition) is 1. The molecule has 1 aromatic carbocycles. The van der Waals surface area contributed by atoms with E-state index in [1.54, 1.807) is 0 Å². The Balaban J connectivity index is 1.51. The first kappa shape index (κ1) is 11.6. The van der Waals surface area contributed by atoms with E-state index in [1.807, 2.05) is 0 Å². The number of halogens is 1. The van der Waals surface area contributed by atoms with E-state index in [-0.39, 0.29) is 0 Å². The summed E-state index contributed by atoms with van der Waals surface area (Å²) in [5.41, 5.74) is 1.25. The molecule has 0 amide bonds. The number of hydrogen-bond donors (Lipinski definition) is 0. The van der Waals surface area contributed by atoms with Gasteiger partial charge in [0.05, 0.1) is 6.61 Å². The Morgan fingerprint density at radius 1 is 1.29 bits per heavy atom. The summed E-state index contributed by atoms with van der Waals surface area (Å²) in [5, 5.41) is 0. The van der Waals surface area contributed by atoms with Crippen molar-refractivity contribution < 1.29 is 4.74 Å². The number of rotatable bonds is 4. The summed E-state index contributed by atoms with van der Waals surface area (Å²) in [7, 11) is 0. The van der Waals surface area contributed by atoms with E-state index >= 15 is 0 Å². The lowest BCUT2D eigenvalue weighted by Gasteiger charge is -2.25. The molecular weight excluding hydrogens is 276 g/mol. The Bertz CT molecular complexity index is 391. The molecule has 3 rings (SSSR count). The molecule has 0 radical (unpaired) electrons. The molecule has 1 nitrogen and oxygen atoms in total. The maximum absolute atomic E-state index is 5.91. The molecule has 2 atom stereocenters. The van der Waals surface area contributed by atoms with Gasteiger partial charge in [0.25, 0.3) is 0 Å². The lowest BCUT2D eigenvalue weighted by molar-refractivity contribution is 0.233. The summed E-state index contributed by atoms with van der Waals surface area (Å²) in [6, 6.07) is 6.29. The maximum atomic E-state index is 5.91. The predicted molar refractivity (Wildman–Crippen MR) is 73.3 cm³/mol. The van der Waals surface area contributed by atoms with Crippen LogP contribution in [0.3, 0.4) is 0 Å². The van der Waals surface area contributed by atoms with Crippen LogP contribution < -0.4 is 4.74 Å². The van der Waals surface area contributed by atoms with E-state index in [1.165, 1.54) is 31.2 Å². The van der Waals surface area contributed by atoms with Crippen LogP contribution in [0.2, 0.25) is 0 Å². The van der Waals surface area contributed by atoms with Crippen LogP contribution in [0.15, 0.2) is 22.7 Å². The first-order chi connectivity index (χ1) is 8.22. The number of aryl methyl sites for hydroxylation is 1. The Morgan fingerprint density at radius 2 is 2.12 bits per heavy atom. The third-order valence-electron chi connectivity index (χ3n) is 4.21. The molecule has 92 valence electrons. The van der Waals surface area contributed by atoms with Gasteiger partial charge in [0, 0.05) is 4.47 Å². The molecular formula is C15H19BrO. The Kier molecular flexibility index (Phi) is 3.16. The largest absolute Gasteiger partial charge is 0.493 e. The van der Waals surface area contributed by atoms with Gasteiger partial charge in [-0.25, -0.2) is 0 Å². The van der Waals surface area contributed by atoms with Crippen LogP contribution in [0.5, 0.6) is 5.75 Å². The minimum atomic E-state index is 0.833. The highest BCUT2D eigenvalue weighted by Gasteiger charge is 2.44. The Morgan fingerprint density at radius 3 is 2.76 bits per heavy atom. The first-order valence-corrected chi connectivity index (χ1v) is 7.41. The summed E-state index contributed by atoms with van der Waals surface area (Å²) in [6.45, 7) is 3.02. The zero-order valence-electron chi connectivity index (χ0n) is 10.3. The molecule has 0 aromatic heterocycles. The number of ether oxygens (including phenoxy) is 1. The highest BCUT2D eigenvalue weighted by molar-refractivity contribution is 9.10. The summed E-state index contributed by atoms with van der Waals surface area (Å²) in [6.07, 6.45) is 5.80. The lowest BCUT2D eigenvalue weighted by Crippen LogP contribution is -2.15. The third kappa shape index (κ3) is 2.67. The van der Waals surface area contributed by atoms with Gasteiger partial charge in [-0.05, 0) is 54.9 Å². The van der Waals surface area contributed by atoms with Gasteiger partial charge in [-0.2, -0.15) is 0 Å². The van der Waals surface area contributed by atoms with E-state index in [9.17, 15) is 0 Å². The second-order valence-corrected chi connectivity index (χ2v) is 6.54. The average molecular weight is 295 g/mol. The molecule has 0 aliphatic heterocycles. The van der Waals surface area contributed by atoms with Crippen molar-refractivity contribution in [2.45, 2.75) is 32.6 Å². The summed E-state index contributed by atoms with van der Waals surface area (Å²) in [5.74, 6) is 3.86. The molecule has 2 unspecified atom stereocenters. The van der Waals surface area contributed by atoms with Crippen LogP contribution in [0.25, 0.3) is 0 Å². The van der Waals surface area contributed by atoms with Gasteiger partial charge < -0.3 is 4.74 Å². The fourth-order valence-electron chi connectivity index (χ4n) is 2.90. The van der Waals surface area contributed by atoms with E-state index in [2.05, 4.69) is 41.1 Å². The second kappa shape index (κ2) is 4.64. The molecule has 2 heteroatoms. The van der Waals surface area contributed by atoms with E-state index in [4.69, 9.17) is 4.74 Å². The molecule has 0 heterocycles. The third-order valence-corrected chi connectivity index (χ3v) is 4.67. The Hall–Kier alpha value is -0.500. The quantitative estimate of drug-likeness (QED) is 0.790. The van der Waals surface area contributed by atoms with Gasteiger partial charge in [-0.15, -0.1) is 0 Å². The molecule has 2 aliphatic rings. The lowest BCUT2D eigenvalue weighted by atomic mass is 9.81. The maximum Gasteiger partial charge on any atom is 0.120 e. The van der Waals surface area contributed by atoms with Crippen LogP contribution in [-0.2, 0) is 0 Å². The normalized spacial score (nSPS) is 27.6. The smallest absolute Gasteiger partial charge is 0.120 e. The van der Waals surface area contributed by atoms with Gasteiger partial charge in [0.1, 0.15) is 5.75 Å². The summed E-state index contributed by atoms with van der Waals surface area (Å²) < 4.78 is 7.02. The van der Waals surface area contributed by atoms with Gasteiger partial charge in [0.2, 0.25) is 0 Å². The zero-order valence-corrected chi connectivity index (χ0v) is 11.9. The first-order valence-electron chi connectivity index (χ1n) is 6.62. The predicted octanol–water partition coefficient (Wildman–Crippen LogP) is 4.57. The highest BCUT2D eigenvalue weighted by Crippen LogP contribution is 2.51. The van der Waals surface area contributed by atoms with Crippen LogP contribution in [0.1, 0.15) is 31.2 Å². The van der Waals surface area contributed by atoms with Crippen molar-refractivity contribution in [2.24, 2.45) is 17.8 Å².